The molecule has 0 amide bonds. The molecule has 0 bridgehead atoms. The van der Waals surface area contributed by atoms with Crippen LogP contribution in [0, 0.1) is 6.92 Å². The van der Waals surface area contributed by atoms with Gasteiger partial charge in [0.15, 0.2) is 5.45 Å². The molecule has 2 aromatic carbocycles. The average Bonchev–Trinajstić information content (AvgIpc) is 2.62. The molecular formula is C16H19N2O5PS. The van der Waals surface area contributed by atoms with Gasteiger partial charge in [0, 0.05) is 19.8 Å². The van der Waals surface area contributed by atoms with Crippen molar-refractivity contribution in [3.8, 4) is 0 Å². The van der Waals surface area contributed by atoms with E-state index in [2.05, 4.69) is 9.93 Å². The van der Waals surface area contributed by atoms with Gasteiger partial charge in [-0.05, 0) is 19.1 Å². The van der Waals surface area contributed by atoms with Gasteiger partial charge in [0.05, 0.1) is 4.90 Å². The number of nitrogens with one attached hydrogen (secondary N) is 1. The Labute approximate surface area is 147 Å². The highest BCUT2D eigenvalue weighted by Crippen LogP contribution is 2.50. The number of sulfonamides is 1. The van der Waals surface area contributed by atoms with Gasteiger partial charge >= 0.3 is 7.60 Å². The molecule has 0 heterocycles. The van der Waals surface area contributed by atoms with Crippen molar-refractivity contribution < 1.29 is 22.0 Å². The quantitative estimate of drug-likeness (QED) is 0.451. The Hall–Kier alpha value is -1.99. The number of nitrogens with zero attached hydrogens (tertiary/aromatic N) is 1. The monoisotopic (exact) mass is 382 g/mol. The molecule has 0 radical (unpaired) electrons. The summed E-state index contributed by atoms with van der Waals surface area (Å²) < 4.78 is 47.4. The zero-order chi connectivity index (χ0) is 18.5. The first-order chi connectivity index (χ1) is 11.8. The van der Waals surface area contributed by atoms with Gasteiger partial charge in [-0.3, -0.25) is 4.57 Å². The highest BCUT2D eigenvalue weighted by atomic mass is 32.2. The predicted molar refractivity (Wildman–Crippen MR) is 96.1 cm³/mol. The Morgan fingerprint density at radius 1 is 1.00 bits per heavy atom. The molecule has 9 heteroatoms. The molecule has 0 spiro atoms. The van der Waals surface area contributed by atoms with Crippen LogP contribution < -0.4 is 4.83 Å². The third-order valence-electron chi connectivity index (χ3n) is 3.38. The van der Waals surface area contributed by atoms with E-state index >= 15 is 0 Å². The van der Waals surface area contributed by atoms with E-state index in [1.54, 1.807) is 42.5 Å². The number of hydrazone groups is 1. The molecule has 0 aromatic heterocycles. The van der Waals surface area contributed by atoms with Gasteiger partial charge in [0.2, 0.25) is 0 Å². The fraction of sp³-hybridized carbons (Fsp3) is 0.188. The van der Waals surface area contributed by atoms with Crippen LogP contribution in [0.2, 0.25) is 0 Å². The molecule has 2 aromatic rings. The fourth-order valence-corrected chi connectivity index (χ4v) is 4.00. The van der Waals surface area contributed by atoms with Crippen molar-refractivity contribution >= 4 is 23.1 Å². The predicted octanol–water partition coefficient (Wildman–Crippen LogP) is 3.12. The largest absolute Gasteiger partial charge is 0.381 e. The summed E-state index contributed by atoms with van der Waals surface area (Å²) in [7, 11) is -5.29. The lowest BCUT2D eigenvalue weighted by Crippen LogP contribution is -2.21. The van der Waals surface area contributed by atoms with Crippen LogP contribution in [-0.2, 0) is 23.6 Å². The fourth-order valence-electron chi connectivity index (χ4n) is 1.99. The molecule has 134 valence electrons. The lowest BCUT2D eigenvalue weighted by Gasteiger charge is -2.16. The van der Waals surface area contributed by atoms with E-state index in [9.17, 15) is 13.0 Å². The van der Waals surface area contributed by atoms with E-state index in [0.717, 1.165) is 5.56 Å². The van der Waals surface area contributed by atoms with Crippen molar-refractivity contribution in [3.63, 3.8) is 0 Å². The molecule has 0 saturated carbocycles. The maximum absolute atomic E-state index is 12.7. The van der Waals surface area contributed by atoms with Gasteiger partial charge in [-0.1, -0.05) is 48.0 Å². The summed E-state index contributed by atoms with van der Waals surface area (Å²) in [6.45, 7) is 1.85. The van der Waals surface area contributed by atoms with Crippen molar-refractivity contribution in [2.24, 2.45) is 5.10 Å². The molecular weight excluding hydrogens is 363 g/mol. The van der Waals surface area contributed by atoms with Crippen molar-refractivity contribution in [1.82, 2.24) is 4.83 Å². The topological polar surface area (TPSA) is 94.1 Å². The summed E-state index contributed by atoms with van der Waals surface area (Å²) in [4.78, 5) is 2.14. The maximum atomic E-state index is 12.7. The zero-order valence-corrected chi connectivity index (χ0v) is 15.8. The van der Waals surface area contributed by atoms with Crippen LogP contribution in [0.3, 0.4) is 0 Å². The number of rotatable bonds is 7. The molecule has 0 aliphatic carbocycles. The molecule has 25 heavy (non-hydrogen) atoms. The SMILES string of the molecule is COP(=O)(OC)/C(=N/NS(=O)(=O)c1ccc(C)cc1)c1ccccc1. The second-order valence-corrected chi connectivity index (χ2v) is 8.88. The Morgan fingerprint density at radius 3 is 2.08 bits per heavy atom. The number of aryl methyl sites for hydroxylation is 1. The molecule has 0 unspecified atom stereocenters. The van der Waals surface area contributed by atoms with E-state index in [1.807, 2.05) is 6.92 Å². The van der Waals surface area contributed by atoms with Gasteiger partial charge in [-0.2, -0.15) is 18.4 Å². The first-order valence-corrected chi connectivity index (χ1v) is 10.3. The van der Waals surface area contributed by atoms with E-state index in [0.29, 0.717) is 5.56 Å². The summed E-state index contributed by atoms with van der Waals surface area (Å²) in [6, 6.07) is 14.7. The normalized spacial score (nSPS) is 12.8. The van der Waals surface area contributed by atoms with Crippen LogP contribution in [0.15, 0.2) is 64.6 Å². The zero-order valence-electron chi connectivity index (χ0n) is 14.0. The van der Waals surface area contributed by atoms with Crippen LogP contribution in [0.5, 0.6) is 0 Å². The van der Waals surface area contributed by atoms with Gasteiger partial charge in [-0.25, -0.2) is 0 Å². The Kier molecular flexibility index (Phi) is 6.13. The molecule has 0 fully saturated rings. The molecule has 0 atom stereocenters. The molecule has 7 nitrogen and oxygen atoms in total. The van der Waals surface area contributed by atoms with Crippen molar-refractivity contribution in [1.29, 1.82) is 0 Å². The summed E-state index contributed by atoms with van der Waals surface area (Å²) in [5.41, 5.74) is 1.21. The molecule has 2 rings (SSSR count). The van der Waals surface area contributed by atoms with E-state index in [1.165, 1.54) is 26.4 Å². The molecule has 0 aliphatic rings. The van der Waals surface area contributed by atoms with E-state index in [-0.39, 0.29) is 10.3 Å². The summed E-state index contributed by atoms with van der Waals surface area (Å²) >= 11 is 0. The molecule has 1 N–H and O–H groups in total. The standard InChI is InChI=1S/C16H19N2O5PS/c1-13-9-11-15(12-10-13)25(20,21)18-17-16(24(19,22-2)23-3)14-7-5-4-6-8-14/h4-12,18H,1-3H3/b17-16+. The summed E-state index contributed by atoms with van der Waals surface area (Å²) in [5, 5.41) is 3.84. The minimum absolute atomic E-state index is 0.0407. The van der Waals surface area contributed by atoms with Crippen LogP contribution in [0.4, 0.5) is 0 Å². The van der Waals surface area contributed by atoms with Crippen molar-refractivity contribution in [2.75, 3.05) is 14.2 Å². The minimum atomic E-state index is -3.93. The Bertz CT molecular complexity index is 888. The average molecular weight is 382 g/mol. The van der Waals surface area contributed by atoms with Crippen LogP contribution in [0.25, 0.3) is 0 Å². The van der Waals surface area contributed by atoms with Crippen LogP contribution >= 0.6 is 7.60 Å². The minimum Gasteiger partial charge on any atom is -0.307 e. The van der Waals surface area contributed by atoms with Crippen molar-refractivity contribution in [3.05, 3.63) is 65.7 Å². The number of hydrogen-bond acceptors (Lipinski definition) is 6. The third kappa shape index (κ3) is 4.55. The second kappa shape index (κ2) is 7.93. The molecule has 0 aliphatic heterocycles. The smallest absolute Gasteiger partial charge is 0.307 e. The summed E-state index contributed by atoms with van der Waals surface area (Å²) in [6.07, 6.45) is 0. The number of benzene rings is 2. The van der Waals surface area contributed by atoms with E-state index in [4.69, 9.17) is 9.05 Å². The van der Waals surface area contributed by atoms with Crippen molar-refractivity contribution in [2.45, 2.75) is 11.8 Å². The van der Waals surface area contributed by atoms with Crippen LogP contribution in [0.1, 0.15) is 11.1 Å². The highest BCUT2D eigenvalue weighted by molar-refractivity contribution is 7.89. The lowest BCUT2D eigenvalue weighted by atomic mass is 10.2. The van der Waals surface area contributed by atoms with Crippen LogP contribution in [-0.4, -0.2) is 28.1 Å². The van der Waals surface area contributed by atoms with E-state index < -0.39 is 17.6 Å². The van der Waals surface area contributed by atoms with Gasteiger partial charge in [-0.15, -0.1) is 0 Å². The number of hydrogen-bond donors (Lipinski definition) is 1. The summed E-state index contributed by atoms with van der Waals surface area (Å²) in [5.74, 6) is 0. The van der Waals surface area contributed by atoms with Gasteiger partial charge in [0.25, 0.3) is 10.0 Å². The lowest BCUT2D eigenvalue weighted by molar-refractivity contribution is 0.290. The Balaban J connectivity index is 2.44. The van der Waals surface area contributed by atoms with Gasteiger partial charge < -0.3 is 9.05 Å². The molecule has 0 saturated heterocycles. The third-order valence-corrected chi connectivity index (χ3v) is 6.44. The Morgan fingerprint density at radius 2 is 1.56 bits per heavy atom. The highest BCUT2D eigenvalue weighted by Gasteiger charge is 2.32. The van der Waals surface area contributed by atoms with Gasteiger partial charge in [0.1, 0.15) is 0 Å². The first-order valence-electron chi connectivity index (χ1n) is 7.26. The first kappa shape index (κ1) is 19.3. The maximum Gasteiger partial charge on any atom is 0.381 e. The second-order valence-electron chi connectivity index (χ2n) is 5.07.